The highest BCUT2D eigenvalue weighted by atomic mass is 32.2. The second-order valence-corrected chi connectivity index (χ2v) is 9.43. The number of halogens is 3. The molecular formula is C15H21F3N4O3S. The molecule has 0 aromatic carbocycles. The monoisotopic (exact) mass is 394 g/mol. The Morgan fingerprint density at radius 2 is 2.19 bits per heavy atom. The number of hydrogen-bond donors (Lipinski definition) is 2. The average molecular weight is 394 g/mol. The number of amides is 1. The van der Waals surface area contributed by atoms with Gasteiger partial charge in [0.05, 0.1) is 23.2 Å². The summed E-state index contributed by atoms with van der Waals surface area (Å²) in [4.78, 5) is 12.6. The first-order valence-corrected chi connectivity index (χ1v) is 10.2. The zero-order valence-electron chi connectivity index (χ0n) is 14.4. The van der Waals surface area contributed by atoms with Crippen molar-refractivity contribution < 1.29 is 26.4 Å². The van der Waals surface area contributed by atoms with Gasteiger partial charge in [-0.1, -0.05) is 6.92 Å². The van der Waals surface area contributed by atoms with E-state index < -0.39 is 39.5 Å². The molecule has 1 aromatic heterocycles. The second kappa shape index (κ2) is 6.14. The summed E-state index contributed by atoms with van der Waals surface area (Å²) in [5.74, 6) is -0.823. The molecule has 1 aromatic rings. The zero-order valence-corrected chi connectivity index (χ0v) is 15.2. The third-order valence-electron chi connectivity index (χ3n) is 4.97. The summed E-state index contributed by atoms with van der Waals surface area (Å²) < 4.78 is 64.2. The van der Waals surface area contributed by atoms with E-state index in [-0.39, 0.29) is 35.7 Å². The normalized spacial score (nSPS) is 30.5. The van der Waals surface area contributed by atoms with Crippen molar-refractivity contribution in [1.82, 2.24) is 15.1 Å². The number of nitrogens with zero attached hydrogens (tertiary/aromatic N) is 2. The molecule has 1 unspecified atom stereocenters. The molecule has 1 saturated heterocycles. The van der Waals surface area contributed by atoms with Crippen LogP contribution >= 0.6 is 0 Å². The maximum Gasteiger partial charge on any atom is 0.410 e. The first-order valence-electron chi connectivity index (χ1n) is 8.38. The van der Waals surface area contributed by atoms with E-state index in [1.165, 1.54) is 0 Å². The molecule has 0 aliphatic carbocycles. The van der Waals surface area contributed by atoms with Crippen molar-refractivity contribution in [2.75, 3.05) is 16.8 Å². The number of carbonyl (C=O) groups excluding carboxylic acids is 1. The lowest BCUT2D eigenvalue weighted by atomic mass is 10.00. The van der Waals surface area contributed by atoms with E-state index in [9.17, 15) is 26.4 Å². The van der Waals surface area contributed by atoms with Gasteiger partial charge in [-0.25, -0.2) is 13.1 Å². The predicted octanol–water partition coefficient (Wildman–Crippen LogP) is 1.89. The van der Waals surface area contributed by atoms with E-state index in [1.807, 2.05) is 0 Å². The molecule has 0 bridgehead atoms. The summed E-state index contributed by atoms with van der Waals surface area (Å²) in [5, 5.41) is 9.39. The van der Waals surface area contributed by atoms with Crippen LogP contribution in [0.25, 0.3) is 0 Å². The fourth-order valence-electron chi connectivity index (χ4n) is 3.52. The molecule has 2 aliphatic rings. The Labute approximate surface area is 149 Å². The third kappa shape index (κ3) is 3.53. The molecule has 3 atom stereocenters. The first-order chi connectivity index (χ1) is 11.9. The number of rotatable bonds is 3. The number of carbonyl (C=O) groups is 1. The van der Waals surface area contributed by atoms with Crippen molar-refractivity contribution in [3.8, 4) is 0 Å². The highest BCUT2D eigenvalue weighted by molar-refractivity contribution is 7.91. The summed E-state index contributed by atoms with van der Waals surface area (Å²) in [5.41, 5.74) is -0.949. The number of alkyl halides is 3. The Bertz CT molecular complexity index is 821. The quantitative estimate of drug-likeness (QED) is 0.817. The highest BCUT2D eigenvalue weighted by Crippen LogP contribution is 2.40. The smallest absolute Gasteiger partial charge is 0.367 e. The van der Waals surface area contributed by atoms with Crippen LogP contribution in [0, 0.1) is 0 Å². The largest absolute Gasteiger partial charge is 0.410 e. The van der Waals surface area contributed by atoms with E-state index in [1.54, 1.807) is 13.8 Å². The number of sulfone groups is 1. The molecule has 2 N–H and O–H groups in total. The number of hydrogen-bond acceptors (Lipinski definition) is 5. The Balaban J connectivity index is 1.89. The van der Waals surface area contributed by atoms with Gasteiger partial charge in [0, 0.05) is 6.04 Å². The number of fused-ring (bicyclic) bond motifs is 1. The zero-order chi connectivity index (χ0) is 19.3. The molecule has 26 heavy (non-hydrogen) atoms. The maximum absolute atomic E-state index is 13.4. The third-order valence-corrected chi connectivity index (χ3v) is 6.88. The summed E-state index contributed by atoms with van der Waals surface area (Å²) in [6.45, 7) is 3.38. The molecule has 1 fully saturated rings. The summed E-state index contributed by atoms with van der Waals surface area (Å²) in [6, 6.07) is -2.23. The van der Waals surface area contributed by atoms with Crippen LogP contribution in [0.2, 0.25) is 0 Å². The molecule has 0 radical (unpaired) electrons. The SMILES string of the molecule is CC[C@H]1C[C@@H](C(F)(F)F)n2ncc(C(=O)NC3(C)CCS(=O)(=O)C3)c2N1. The van der Waals surface area contributed by atoms with Gasteiger partial charge in [0.2, 0.25) is 0 Å². The molecule has 0 saturated carbocycles. The predicted molar refractivity (Wildman–Crippen MR) is 88.8 cm³/mol. The number of nitrogens with one attached hydrogen (secondary N) is 2. The minimum Gasteiger partial charge on any atom is -0.367 e. The van der Waals surface area contributed by atoms with Crippen molar-refractivity contribution in [1.29, 1.82) is 0 Å². The molecule has 7 nitrogen and oxygen atoms in total. The summed E-state index contributed by atoms with van der Waals surface area (Å²) in [6.07, 6.45) is -2.81. The Morgan fingerprint density at radius 3 is 2.73 bits per heavy atom. The van der Waals surface area contributed by atoms with Crippen LogP contribution in [0.15, 0.2) is 6.20 Å². The van der Waals surface area contributed by atoms with Gasteiger partial charge in [0.25, 0.3) is 5.91 Å². The number of aromatic nitrogens is 2. The van der Waals surface area contributed by atoms with E-state index in [0.29, 0.717) is 6.42 Å². The number of anilines is 1. The van der Waals surface area contributed by atoms with Gasteiger partial charge in [-0.15, -0.1) is 0 Å². The molecule has 0 spiro atoms. The van der Waals surface area contributed by atoms with Crippen LogP contribution in [0.4, 0.5) is 19.0 Å². The van der Waals surface area contributed by atoms with Crippen molar-refractivity contribution in [2.45, 2.75) is 56.9 Å². The molecule has 3 rings (SSSR count). The van der Waals surface area contributed by atoms with Gasteiger partial charge in [-0.3, -0.25) is 4.79 Å². The lowest BCUT2D eigenvalue weighted by molar-refractivity contribution is -0.173. The Hall–Kier alpha value is -1.78. The molecule has 1 amide bonds. The molecular weight excluding hydrogens is 373 g/mol. The Kier molecular flexibility index (Phi) is 4.48. The Morgan fingerprint density at radius 1 is 1.50 bits per heavy atom. The van der Waals surface area contributed by atoms with Gasteiger partial charge in [0.1, 0.15) is 11.4 Å². The summed E-state index contributed by atoms with van der Waals surface area (Å²) in [7, 11) is -3.23. The lowest BCUT2D eigenvalue weighted by Crippen LogP contribution is -2.47. The second-order valence-electron chi connectivity index (χ2n) is 7.25. The molecule has 146 valence electrons. The minimum atomic E-state index is -4.48. The van der Waals surface area contributed by atoms with Crippen LogP contribution in [-0.4, -0.2) is 53.4 Å². The summed E-state index contributed by atoms with van der Waals surface area (Å²) >= 11 is 0. The van der Waals surface area contributed by atoms with Gasteiger partial charge < -0.3 is 10.6 Å². The topological polar surface area (TPSA) is 93.1 Å². The standard InChI is InChI=1S/C15H21F3N4O3S/c1-3-9-6-11(15(16,17)18)22-12(20-9)10(7-19-22)13(23)21-14(2)4-5-26(24,25)8-14/h7,9,11,20H,3-6,8H2,1-2H3,(H,21,23)/t9-,11-,14?/m0/s1. The van der Waals surface area contributed by atoms with Crippen LogP contribution in [0.1, 0.15) is 49.5 Å². The van der Waals surface area contributed by atoms with Gasteiger partial charge >= 0.3 is 6.18 Å². The van der Waals surface area contributed by atoms with Crippen molar-refractivity contribution >= 4 is 21.6 Å². The average Bonchev–Trinajstić information content (AvgIpc) is 3.05. The van der Waals surface area contributed by atoms with Crippen LogP contribution in [0.3, 0.4) is 0 Å². The van der Waals surface area contributed by atoms with E-state index in [0.717, 1.165) is 10.9 Å². The fraction of sp³-hybridized carbons (Fsp3) is 0.733. The van der Waals surface area contributed by atoms with Crippen molar-refractivity contribution in [3.05, 3.63) is 11.8 Å². The van der Waals surface area contributed by atoms with Gasteiger partial charge in [-0.2, -0.15) is 18.3 Å². The first kappa shape index (κ1) is 19.0. The van der Waals surface area contributed by atoms with Crippen molar-refractivity contribution in [3.63, 3.8) is 0 Å². The van der Waals surface area contributed by atoms with Crippen LogP contribution in [-0.2, 0) is 9.84 Å². The maximum atomic E-state index is 13.4. The highest BCUT2D eigenvalue weighted by Gasteiger charge is 2.47. The minimum absolute atomic E-state index is 0.0112. The van der Waals surface area contributed by atoms with E-state index in [4.69, 9.17) is 0 Å². The van der Waals surface area contributed by atoms with Gasteiger partial charge in [-0.05, 0) is 26.2 Å². The van der Waals surface area contributed by atoms with Crippen LogP contribution in [0.5, 0.6) is 0 Å². The molecule has 11 heteroatoms. The van der Waals surface area contributed by atoms with E-state index in [2.05, 4.69) is 15.7 Å². The molecule has 2 aliphatic heterocycles. The molecule has 3 heterocycles. The van der Waals surface area contributed by atoms with E-state index >= 15 is 0 Å². The fourth-order valence-corrected chi connectivity index (χ4v) is 5.61. The van der Waals surface area contributed by atoms with Crippen LogP contribution < -0.4 is 10.6 Å². The van der Waals surface area contributed by atoms with Gasteiger partial charge in [0.15, 0.2) is 15.9 Å². The van der Waals surface area contributed by atoms with Crippen molar-refractivity contribution in [2.24, 2.45) is 0 Å². The lowest BCUT2D eigenvalue weighted by Gasteiger charge is -2.33.